The lowest BCUT2D eigenvalue weighted by molar-refractivity contribution is -0.114. The molecule has 8 heteroatoms. The van der Waals surface area contributed by atoms with Crippen molar-refractivity contribution >= 4 is 22.4 Å². The van der Waals surface area contributed by atoms with E-state index in [1.54, 1.807) is 6.20 Å². The number of nitrogens with zero attached hydrogens (tertiary/aromatic N) is 5. The quantitative estimate of drug-likeness (QED) is 0.483. The van der Waals surface area contributed by atoms with Gasteiger partial charge in [-0.15, -0.1) is 0 Å². The van der Waals surface area contributed by atoms with Crippen LogP contribution in [0.15, 0.2) is 42.9 Å². The van der Waals surface area contributed by atoms with Gasteiger partial charge in [0, 0.05) is 42.3 Å². The zero-order valence-corrected chi connectivity index (χ0v) is 19.1. The Labute approximate surface area is 190 Å². The number of carbonyl (C=O) groups excluding carboxylic acids is 1. The predicted molar refractivity (Wildman–Crippen MR) is 126 cm³/mol. The van der Waals surface area contributed by atoms with E-state index < -0.39 is 0 Å². The van der Waals surface area contributed by atoms with Crippen molar-refractivity contribution < 1.29 is 4.79 Å². The fraction of sp³-hybridized carbons (Fsp3) is 0.292. The van der Waals surface area contributed by atoms with Crippen LogP contribution in [0.2, 0.25) is 0 Å². The highest BCUT2D eigenvalue weighted by Gasteiger charge is 2.33. The van der Waals surface area contributed by atoms with Crippen LogP contribution in [0.3, 0.4) is 0 Å². The van der Waals surface area contributed by atoms with Crippen LogP contribution >= 0.6 is 11.3 Å². The average molecular weight is 445 g/mol. The third-order valence-corrected chi connectivity index (χ3v) is 6.71. The molecular weight excluding hydrogens is 420 g/mol. The first kappa shape index (κ1) is 20.5. The van der Waals surface area contributed by atoms with E-state index in [9.17, 15) is 4.79 Å². The van der Waals surface area contributed by atoms with Gasteiger partial charge in [0.05, 0.1) is 28.5 Å². The van der Waals surface area contributed by atoms with Gasteiger partial charge in [-0.05, 0) is 42.5 Å². The lowest BCUT2D eigenvalue weighted by atomic mass is 9.86. The van der Waals surface area contributed by atoms with Crippen LogP contribution in [0.1, 0.15) is 49.2 Å². The minimum Gasteiger partial charge on any atom is -0.302 e. The predicted octanol–water partition coefficient (Wildman–Crippen LogP) is 4.69. The van der Waals surface area contributed by atoms with E-state index in [1.807, 2.05) is 18.5 Å². The van der Waals surface area contributed by atoms with Crippen molar-refractivity contribution in [3.8, 4) is 21.8 Å². The van der Waals surface area contributed by atoms with E-state index in [0.29, 0.717) is 11.7 Å². The molecule has 0 saturated heterocycles. The van der Waals surface area contributed by atoms with Gasteiger partial charge in [-0.2, -0.15) is 5.10 Å². The zero-order valence-electron chi connectivity index (χ0n) is 18.3. The van der Waals surface area contributed by atoms with Crippen molar-refractivity contribution in [3.63, 3.8) is 0 Å². The molecule has 1 atom stereocenters. The smallest absolute Gasteiger partial charge is 0.223 e. The molecule has 1 unspecified atom stereocenters. The minimum atomic E-state index is -0.115. The molecule has 0 radical (unpaired) electrons. The van der Waals surface area contributed by atoms with Crippen molar-refractivity contribution in [3.05, 3.63) is 65.4 Å². The van der Waals surface area contributed by atoms with Gasteiger partial charge in [-0.3, -0.25) is 19.4 Å². The molecule has 0 bridgehead atoms. The van der Waals surface area contributed by atoms with Crippen LogP contribution in [0.5, 0.6) is 0 Å². The summed E-state index contributed by atoms with van der Waals surface area (Å²) in [4.78, 5) is 26.3. The normalized spacial score (nSPS) is 14.7. The second-order valence-electron chi connectivity index (χ2n) is 8.10. The fourth-order valence-electron chi connectivity index (χ4n) is 4.22. The Morgan fingerprint density at radius 1 is 1.28 bits per heavy atom. The SMILES string of the molecule is CCc1ccc(-c2nn(Cc3cccnc3)c3c2C(C)Cc2nc(NC(C)=O)sc2-3)cn1. The largest absolute Gasteiger partial charge is 0.302 e. The van der Waals surface area contributed by atoms with Crippen LogP contribution in [-0.4, -0.2) is 30.6 Å². The molecule has 1 aliphatic rings. The number of fused-ring (bicyclic) bond motifs is 3. The van der Waals surface area contributed by atoms with E-state index in [4.69, 9.17) is 10.1 Å². The number of aromatic nitrogens is 5. The zero-order chi connectivity index (χ0) is 22.2. The van der Waals surface area contributed by atoms with Crippen LogP contribution in [0, 0.1) is 0 Å². The Balaban J connectivity index is 1.68. The molecule has 32 heavy (non-hydrogen) atoms. The number of thiazole rings is 1. The van der Waals surface area contributed by atoms with Gasteiger partial charge in [0.1, 0.15) is 0 Å². The molecule has 4 aromatic heterocycles. The van der Waals surface area contributed by atoms with E-state index in [0.717, 1.165) is 51.6 Å². The number of carbonyl (C=O) groups is 1. The molecule has 0 fully saturated rings. The monoisotopic (exact) mass is 444 g/mol. The second kappa shape index (κ2) is 8.27. The lowest BCUT2D eigenvalue weighted by Gasteiger charge is -2.20. The van der Waals surface area contributed by atoms with Crippen LogP contribution in [0.25, 0.3) is 21.8 Å². The standard InChI is InChI=1S/C24H24N6OS/c1-4-18-8-7-17(12-26-18)21-20-14(2)10-19-23(32-24(28-19)27-15(3)31)22(20)30(29-21)13-16-6-5-9-25-11-16/h5-9,11-12,14H,4,10,13H2,1-3H3,(H,27,28,31). The molecule has 1 N–H and O–H groups in total. The molecule has 0 aliphatic heterocycles. The average Bonchev–Trinajstić information content (AvgIpc) is 3.35. The Kier molecular flexibility index (Phi) is 5.30. The molecule has 5 rings (SSSR count). The second-order valence-corrected chi connectivity index (χ2v) is 9.10. The number of hydrogen-bond acceptors (Lipinski definition) is 6. The van der Waals surface area contributed by atoms with Crippen molar-refractivity contribution in [2.24, 2.45) is 0 Å². The summed E-state index contributed by atoms with van der Waals surface area (Å²) in [6.45, 7) is 6.43. The Hall–Kier alpha value is -3.39. The minimum absolute atomic E-state index is 0.115. The molecule has 0 aromatic carbocycles. The number of pyridine rings is 2. The molecule has 162 valence electrons. The van der Waals surface area contributed by atoms with Gasteiger partial charge in [0.15, 0.2) is 5.13 Å². The third kappa shape index (κ3) is 3.71. The lowest BCUT2D eigenvalue weighted by Crippen LogP contribution is -2.11. The fourth-order valence-corrected chi connectivity index (χ4v) is 5.32. The number of anilines is 1. The number of rotatable bonds is 5. The summed E-state index contributed by atoms with van der Waals surface area (Å²) in [5.74, 6) is 0.129. The highest BCUT2D eigenvalue weighted by molar-refractivity contribution is 7.19. The first-order valence-electron chi connectivity index (χ1n) is 10.8. The number of amides is 1. The van der Waals surface area contributed by atoms with Gasteiger partial charge >= 0.3 is 0 Å². The third-order valence-electron chi connectivity index (χ3n) is 5.69. The van der Waals surface area contributed by atoms with Crippen LogP contribution in [0.4, 0.5) is 5.13 Å². The Bertz CT molecular complexity index is 1280. The van der Waals surface area contributed by atoms with Crippen LogP contribution in [-0.2, 0) is 24.2 Å². The number of aryl methyl sites for hydroxylation is 1. The molecule has 1 amide bonds. The summed E-state index contributed by atoms with van der Waals surface area (Å²) in [5, 5.41) is 8.55. The summed E-state index contributed by atoms with van der Waals surface area (Å²) in [7, 11) is 0. The van der Waals surface area contributed by atoms with Crippen LogP contribution < -0.4 is 5.32 Å². The van der Waals surface area contributed by atoms with E-state index in [2.05, 4.69) is 52.0 Å². The van der Waals surface area contributed by atoms with Crippen molar-refractivity contribution in [2.45, 2.75) is 46.1 Å². The summed E-state index contributed by atoms with van der Waals surface area (Å²) in [5.41, 5.74) is 7.43. The van der Waals surface area contributed by atoms with E-state index in [1.165, 1.54) is 23.8 Å². The van der Waals surface area contributed by atoms with Gasteiger partial charge in [-0.1, -0.05) is 31.3 Å². The maximum atomic E-state index is 11.6. The van der Waals surface area contributed by atoms with E-state index >= 15 is 0 Å². The molecule has 1 aliphatic carbocycles. The van der Waals surface area contributed by atoms with Gasteiger partial charge < -0.3 is 5.32 Å². The Morgan fingerprint density at radius 3 is 2.84 bits per heavy atom. The van der Waals surface area contributed by atoms with Gasteiger partial charge in [0.2, 0.25) is 5.91 Å². The van der Waals surface area contributed by atoms with Gasteiger partial charge in [-0.25, -0.2) is 4.98 Å². The summed E-state index contributed by atoms with van der Waals surface area (Å²) in [6, 6.07) is 8.18. The Morgan fingerprint density at radius 2 is 2.16 bits per heavy atom. The highest BCUT2D eigenvalue weighted by Crippen LogP contribution is 2.47. The van der Waals surface area contributed by atoms with Gasteiger partial charge in [0.25, 0.3) is 0 Å². The van der Waals surface area contributed by atoms with Crippen molar-refractivity contribution in [1.82, 2.24) is 24.7 Å². The molecular formula is C24H24N6OS. The summed E-state index contributed by atoms with van der Waals surface area (Å²) < 4.78 is 2.06. The maximum Gasteiger partial charge on any atom is 0.223 e. The first-order chi connectivity index (χ1) is 15.5. The molecule has 0 spiro atoms. The molecule has 0 saturated carbocycles. The number of nitrogens with one attached hydrogen (secondary N) is 1. The summed E-state index contributed by atoms with van der Waals surface area (Å²) >= 11 is 1.51. The topological polar surface area (TPSA) is 85.6 Å². The van der Waals surface area contributed by atoms with Crippen molar-refractivity contribution in [2.75, 3.05) is 5.32 Å². The molecule has 4 heterocycles. The maximum absolute atomic E-state index is 11.6. The molecule has 4 aromatic rings. The highest BCUT2D eigenvalue weighted by atomic mass is 32.1. The van der Waals surface area contributed by atoms with E-state index in [-0.39, 0.29) is 11.8 Å². The first-order valence-corrected chi connectivity index (χ1v) is 11.6. The summed E-state index contributed by atoms with van der Waals surface area (Å²) in [6.07, 6.45) is 7.28. The van der Waals surface area contributed by atoms with Crippen molar-refractivity contribution in [1.29, 1.82) is 0 Å². The molecule has 7 nitrogen and oxygen atoms in total. The number of hydrogen-bond donors (Lipinski definition) is 1.